The Morgan fingerprint density at radius 3 is 2.54 bits per heavy atom. The molecule has 0 aromatic heterocycles. The number of aliphatic imine (C=N–C) groups is 1. The molecule has 0 bridgehead atoms. The second-order valence-electron chi connectivity index (χ2n) is 6.88. The molecule has 0 saturated carbocycles. The maximum atomic E-state index is 12.6. The van der Waals surface area contributed by atoms with Crippen molar-refractivity contribution in [3.05, 3.63) is 57.8 Å². The number of hydrogen-bond acceptors (Lipinski definition) is 6. The Morgan fingerprint density at radius 1 is 1.25 bits per heavy atom. The normalized spacial score (nSPS) is 18.5. The van der Waals surface area contributed by atoms with Crippen LogP contribution in [0.25, 0.3) is 0 Å². The number of allylic oxidation sites excluding steroid dienone is 1. The number of amidine groups is 1. The third-order valence-corrected chi connectivity index (χ3v) is 5.92. The molecule has 148 valence electrons. The van der Waals surface area contributed by atoms with Crippen molar-refractivity contribution in [1.82, 2.24) is 9.80 Å². The number of amides is 1. The molecular formula is C21H25N3O3S. The number of carbonyl (C=O) groups excluding carboxylic acids is 2. The van der Waals surface area contributed by atoms with Gasteiger partial charge in [0.05, 0.1) is 30.8 Å². The Bertz CT molecular complexity index is 887. The van der Waals surface area contributed by atoms with Gasteiger partial charge in [0.1, 0.15) is 0 Å². The molecule has 0 radical (unpaired) electrons. The van der Waals surface area contributed by atoms with Crippen LogP contribution >= 0.6 is 11.8 Å². The van der Waals surface area contributed by atoms with E-state index in [2.05, 4.69) is 4.99 Å². The Morgan fingerprint density at radius 2 is 1.93 bits per heavy atom. The summed E-state index contributed by atoms with van der Waals surface area (Å²) in [5, 5.41) is 2.73. The van der Waals surface area contributed by atoms with Crippen molar-refractivity contribution in [2.24, 2.45) is 4.99 Å². The molecule has 0 fully saturated rings. The average molecular weight is 400 g/mol. The highest BCUT2D eigenvalue weighted by Crippen LogP contribution is 2.44. The number of nitrogens with zero attached hydrogens (tertiary/aromatic N) is 3. The zero-order valence-corrected chi connectivity index (χ0v) is 17.7. The van der Waals surface area contributed by atoms with E-state index in [1.165, 1.54) is 18.9 Å². The monoisotopic (exact) mass is 399 g/mol. The van der Waals surface area contributed by atoms with Crippen LogP contribution in [0.3, 0.4) is 0 Å². The summed E-state index contributed by atoms with van der Waals surface area (Å²) >= 11 is 1.48. The summed E-state index contributed by atoms with van der Waals surface area (Å²) in [5.41, 5.74) is 4.08. The number of carbonyl (C=O) groups is 2. The van der Waals surface area contributed by atoms with Crippen LogP contribution in [0.2, 0.25) is 0 Å². The molecule has 2 heterocycles. The third kappa shape index (κ3) is 3.71. The van der Waals surface area contributed by atoms with Gasteiger partial charge in [0, 0.05) is 19.3 Å². The number of aryl methyl sites for hydroxylation is 1. The van der Waals surface area contributed by atoms with E-state index < -0.39 is 5.97 Å². The van der Waals surface area contributed by atoms with E-state index >= 15 is 0 Å². The highest BCUT2D eigenvalue weighted by Gasteiger charge is 2.41. The first-order valence-electron chi connectivity index (χ1n) is 9.20. The van der Waals surface area contributed by atoms with E-state index in [1.54, 1.807) is 11.9 Å². The number of fused-ring (bicyclic) bond motifs is 1. The molecule has 1 aromatic rings. The van der Waals surface area contributed by atoms with Crippen LogP contribution in [0.5, 0.6) is 0 Å². The van der Waals surface area contributed by atoms with Gasteiger partial charge in [-0.15, -0.1) is 0 Å². The molecule has 7 heteroatoms. The molecule has 28 heavy (non-hydrogen) atoms. The Labute approximate surface area is 169 Å². The predicted molar refractivity (Wildman–Crippen MR) is 112 cm³/mol. The van der Waals surface area contributed by atoms with Crippen molar-refractivity contribution < 1.29 is 14.3 Å². The number of esters is 1. The highest BCUT2D eigenvalue weighted by atomic mass is 32.2. The SMILES string of the molecule is CCN(C)C(=O)CC1=CSC2=NC(C)=C(C(=O)OC)C(c3ccc(C)cc3)N12. The molecule has 1 unspecified atom stereocenters. The zero-order chi connectivity index (χ0) is 20.4. The zero-order valence-electron chi connectivity index (χ0n) is 16.9. The smallest absolute Gasteiger partial charge is 0.338 e. The topological polar surface area (TPSA) is 62.2 Å². The average Bonchev–Trinajstić information content (AvgIpc) is 3.08. The maximum absolute atomic E-state index is 12.6. The van der Waals surface area contributed by atoms with Crippen LogP contribution in [0.15, 0.2) is 51.6 Å². The molecule has 0 saturated heterocycles. The lowest BCUT2D eigenvalue weighted by atomic mass is 9.93. The summed E-state index contributed by atoms with van der Waals surface area (Å²) in [4.78, 5) is 33.5. The van der Waals surface area contributed by atoms with E-state index in [-0.39, 0.29) is 18.4 Å². The van der Waals surface area contributed by atoms with E-state index in [1.807, 2.05) is 55.3 Å². The van der Waals surface area contributed by atoms with E-state index in [9.17, 15) is 9.59 Å². The summed E-state index contributed by atoms with van der Waals surface area (Å²) in [6.07, 6.45) is 0.256. The van der Waals surface area contributed by atoms with Crippen LogP contribution in [-0.2, 0) is 14.3 Å². The second kappa shape index (κ2) is 8.22. The van der Waals surface area contributed by atoms with Crippen LogP contribution in [0.4, 0.5) is 0 Å². The standard InChI is InChI=1S/C21H25N3O3S/c1-6-23(4)17(25)11-16-12-28-21-22-14(3)18(20(26)27-5)19(24(16)21)15-9-7-13(2)8-10-15/h7-10,12,19H,6,11H2,1-5H3. The second-order valence-corrected chi connectivity index (χ2v) is 7.72. The lowest BCUT2D eigenvalue weighted by molar-refractivity contribution is -0.136. The van der Waals surface area contributed by atoms with Gasteiger partial charge in [-0.05, 0) is 31.7 Å². The van der Waals surface area contributed by atoms with Crippen molar-refractivity contribution >= 4 is 28.8 Å². The lowest BCUT2D eigenvalue weighted by Gasteiger charge is -2.36. The molecule has 0 N–H and O–H groups in total. The number of thioether (sulfide) groups is 1. The van der Waals surface area contributed by atoms with Crippen LogP contribution in [-0.4, -0.2) is 47.5 Å². The summed E-state index contributed by atoms with van der Waals surface area (Å²) in [6.45, 7) is 6.44. The van der Waals surface area contributed by atoms with E-state index in [4.69, 9.17) is 4.74 Å². The molecule has 0 spiro atoms. The first-order chi connectivity index (χ1) is 13.4. The summed E-state index contributed by atoms with van der Waals surface area (Å²) < 4.78 is 5.06. The summed E-state index contributed by atoms with van der Waals surface area (Å²) in [7, 11) is 3.17. The fourth-order valence-electron chi connectivity index (χ4n) is 3.27. The largest absolute Gasteiger partial charge is 0.466 e. The lowest BCUT2D eigenvalue weighted by Crippen LogP contribution is -2.38. The third-order valence-electron chi connectivity index (χ3n) is 5.03. The van der Waals surface area contributed by atoms with Crippen molar-refractivity contribution in [1.29, 1.82) is 0 Å². The molecule has 1 amide bonds. The molecule has 2 aliphatic heterocycles. The van der Waals surface area contributed by atoms with Gasteiger partial charge in [-0.2, -0.15) is 0 Å². The van der Waals surface area contributed by atoms with Crippen molar-refractivity contribution in [3.8, 4) is 0 Å². The fourth-order valence-corrected chi connectivity index (χ4v) is 4.24. The number of methoxy groups -OCH3 is 1. The van der Waals surface area contributed by atoms with E-state index in [0.29, 0.717) is 17.8 Å². The van der Waals surface area contributed by atoms with Crippen molar-refractivity contribution in [3.63, 3.8) is 0 Å². The van der Waals surface area contributed by atoms with Crippen molar-refractivity contribution in [2.75, 3.05) is 20.7 Å². The van der Waals surface area contributed by atoms with Crippen molar-refractivity contribution in [2.45, 2.75) is 33.2 Å². The Hall–Kier alpha value is -2.54. The number of ether oxygens (including phenoxy) is 1. The Kier molecular flexibility index (Phi) is 5.93. The molecule has 1 atom stereocenters. The van der Waals surface area contributed by atoms with Gasteiger partial charge in [0.25, 0.3) is 0 Å². The molecular weight excluding hydrogens is 374 g/mol. The minimum absolute atomic E-state index is 0.0316. The van der Waals surface area contributed by atoms with Gasteiger partial charge in [-0.25, -0.2) is 9.79 Å². The van der Waals surface area contributed by atoms with Crippen LogP contribution in [0, 0.1) is 6.92 Å². The van der Waals surface area contributed by atoms with Crippen LogP contribution in [0.1, 0.15) is 37.4 Å². The summed E-state index contributed by atoms with van der Waals surface area (Å²) in [6, 6.07) is 7.70. The molecule has 2 aliphatic rings. The van der Waals surface area contributed by atoms with Gasteiger partial charge in [0.15, 0.2) is 5.17 Å². The quantitative estimate of drug-likeness (QED) is 0.708. The maximum Gasteiger partial charge on any atom is 0.338 e. The van der Waals surface area contributed by atoms with Gasteiger partial charge in [0.2, 0.25) is 5.91 Å². The van der Waals surface area contributed by atoms with Gasteiger partial charge in [-0.3, -0.25) is 4.79 Å². The molecule has 3 rings (SSSR count). The Balaban J connectivity index is 2.05. The first-order valence-corrected chi connectivity index (χ1v) is 10.1. The van der Waals surface area contributed by atoms with Crippen LogP contribution < -0.4 is 0 Å². The first kappa shape index (κ1) is 20.2. The van der Waals surface area contributed by atoms with E-state index in [0.717, 1.165) is 22.0 Å². The highest BCUT2D eigenvalue weighted by molar-refractivity contribution is 8.16. The number of hydrogen-bond donors (Lipinski definition) is 0. The number of benzene rings is 1. The molecule has 6 nitrogen and oxygen atoms in total. The minimum atomic E-state index is -0.404. The molecule has 1 aromatic carbocycles. The van der Waals surface area contributed by atoms with Gasteiger partial charge >= 0.3 is 5.97 Å². The molecule has 0 aliphatic carbocycles. The predicted octanol–water partition coefficient (Wildman–Crippen LogP) is 3.61. The number of rotatable bonds is 5. The summed E-state index contributed by atoms with van der Waals surface area (Å²) in [5.74, 6) is -0.372. The fraction of sp³-hybridized carbons (Fsp3) is 0.381. The van der Waals surface area contributed by atoms with Gasteiger partial charge in [-0.1, -0.05) is 41.6 Å². The minimum Gasteiger partial charge on any atom is -0.466 e. The van der Waals surface area contributed by atoms with Gasteiger partial charge < -0.3 is 14.5 Å².